The second-order valence-electron chi connectivity index (χ2n) is 5.87. The highest BCUT2D eigenvalue weighted by molar-refractivity contribution is 7.80. The molecule has 0 spiro atoms. The molecule has 2 aromatic rings. The van der Waals surface area contributed by atoms with E-state index < -0.39 is 0 Å². The zero-order chi connectivity index (χ0) is 19.1. The standard InChI is InChI=1S/C20H24N2O3S/c1-5-13(2)15-8-6-7-9-17(15)21-20(26)22-19(23)16-11-10-14(24-3)12-18(16)25-4/h6-13H,5H2,1-4H3,(H2,21,22,23,26). The van der Waals surface area contributed by atoms with E-state index in [0.717, 1.165) is 17.7 Å². The Hall–Kier alpha value is -2.60. The van der Waals surface area contributed by atoms with Gasteiger partial charge in [0.25, 0.3) is 5.91 Å². The highest BCUT2D eigenvalue weighted by Gasteiger charge is 2.16. The van der Waals surface area contributed by atoms with Crippen LogP contribution >= 0.6 is 12.2 Å². The first kappa shape index (κ1) is 19.7. The van der Waals surface area contributed by atoms with Crippen LogP contribution in [0.1, 0.15) is 42.1 Å². The Morgan fingerprint density at radius 3 is 2.54 bits per heavy atom. The fourth-order valence-electron chi connectivity index (χ4n) is 2.57. The molecule has 5 nitrogen and oxygen atoms in total. The summed E-state index contributed by atoms with van der Waals surface area (Å²) < 4.78 is 10.4. The van der Waals surface area contributed by atoms with Crippen LogP contribution in [0.25, 0.3) is 0 Å². The molecule has 0 saturated heterocycles. The molecule has 0 fully saturated rings. The van der Waals surface area contributed by atoms with Crippen molar-refractivity contribution in [2.45, 2.75) is 26.2 Å². The molecule has 0 radical (unpaired) electrons. The molecule has 1 atom stereocenters. The van der Waals surface area contributed by atoms with Gasteiger partial charge in [-0.15, -0.1) is 0 Å². The Morgan fingerprint density at radius 2 is 1.88 bits per heavy atom. The van der Waals surface area contributed by atoms with Crippen molar-refractivity contribution in [1.82, 2.24) is 5.32 Å². The minimum Gasteiger partial charge on any atom is -0.497 e. The Morgan fingerprint density at radius 1 is 1.15 bits per heavy atom. The number of nitrogens with one attached hydrogen (secondary N) is 2. The zero-order valence-electron chi connectivity index (χ0n) is 15.5. The van der Waals surface area contributed by atoms with Gasteiger partial charge < -0.3 is 14.8 Å². The summed E-state index contributed by atoms with van der Waals surface area (Å²) in [6.45, 7) is 4.29. The third-order valence-corrected chi connectivity index (χ3v) is 4.44. The first-order chi connectivity index (χ1) is 12.5. The van der Waals surface area contributed by atoms with E-state index in [0.29, 0.717) is 23.0 Å². The molecular weight excluding hydrogens is 348 g/mol. The van der Waals surface area contributed by atoms with Crippen molar-refractivity contribution >= 4 is 28.9 Å². The maximum absolute atomic E-state index is 12.5. The number of para-hydroxylation sites is 1. The minimum atomic E-state index is -0.344. The van der Waals surface area contributed by atoms with E-state index in [1.54, 1.807) is 25.3 Å². The first-order valence-corrected chi connectivity index (χ1v) is 8.84. The van der Waals surface area contributed by atoms with E-state index in [-0.39, 0.29) is 11.0 Å². The molecule has 2 rings (SSSR count). The molecule has 0 aliphatic heterocycles. The molecule has 26 heavy (non-hydrogen) atoms. The molecule has 0 saturated carbocycles. The molecule has 6 heteroatoms. The second kappa shape index (κ2) is 9.20. The third kappa shape index (κ3) is 4.73. The number of carbonyl (C=O) groups is 1. The van der Waals surface area contributed by atoms with Gasteiger partial charge in [-0.2, -0.15) is 0 Å². The third-order valence-electron chi connectivity index (χ3n) is 4.23. The Balaban J connectivity index is 2.13. The van der Waals surface area contributed by atoms with Crippen LogP contribution in [0.3, 0.4) is 0 Å². The normalized spacial score (nSPS) is 11.4. The van der Waals surface area contributed by atoms with Crippen LogP contribution < -0.4 is 20.1 Å². The van der Waals surface area contributed by atoms with Crippen molar-refractivity contribution in [2.75, 3.05) is 19.5 Å². The average Bonchev–Trinajstić information content (AvgIpc) is 2.66. The molecule has 2 aromatic carbocycles. The van der Waals surface area contributed by atoms with Gasteiger partial charge in [-0.05, 0) is 48.3 Å². The summed E-state index contributed by atoms with van der Waals surface area (Å²) in [7, 11) is 3.06. The Kier molecular flexibility index (Phi) is 6.97. The van der Waals surface area contributed by atoms with Crippen LogP contribution in [0.2, 0.25) is 0 Å². The number of ether oxygens (including phenoxy) is 2. The van der Waals surface area contributed by atoms with Gasteiger partial charge >= 0.3 is 0 Å². The van der Waals surface area contributed by atoms with Gasteiger partial charge in [-0.25, -0.2) is 0 Å². The summed E-state index contributed by atoms with van der Waals surface area (Å²) in [5.41, 5.74) is 2.44. The van der Waals surface area contributed by atoms with Crippen molar-refractivity contribution in [1.29, 1.82) is 0 Å². The van der Waals surface area contributed by atoms with E-state index in [9.17, 15) is 4.79 Å². The zero-order valence-corrected chi connectivity index (χ0v) is 16.3. The van der Waals surface area contributed by atoms with E-state index in [1.165, 1.54) is 7.11 Å². The monoisotopic (exact) mass is 372 g/mol. The van der Waals surface area contributed by atoms with Gasteiger partial charge in [0.1, 0.15) is 11.5 Å². The van der Waals surface area contributed by atoms with E-state index in [4.69, 9.17) is 21.7 Å². The van der Waals surface area contributed by atoms with Crippen LogP contribution in [0.15, 0.2) is 42.5 Å². The number of anilines is 1. The highest BCUT2D eigenvalue weighted by Crippen LogP contribution is 2.27. The molecule has 1 unspecified atom stereocenters. The predicted octanol–water partition coefficient (Wildman–Crippen LogP) is 4.34. The van der Waals surface area contributed by atoms with Crippen LogP contribution in [0, 0.1) is 0 Å². The van der Waals surface area contributed by atoms with Crippen molar-refractivity contribution in [2.24, 2.45) is 0 Å². The lowest BCUT2D eigenvalue weighted by Crippen LogP contribution is -2.34. The molecule has 2 N–H and O–H groups in total. The van der Waals surface area contributed by atoms with Gasteiger partial charge in [0, 0.05) is 11.8 Å². The van der Waals surface area contributed by atoms with E-state index in [2.05, 4.69) is 30.5 Å². The number of rotatable bonds is 6. The molecule has 0 bridgehead atoms. The van der Waals surface area contributed by atoms with Crippen LogP contribution in [0.4, 0.5) is 5.69 Å². The Bertz CT molecular complexity index is 792. The predicted molar refractivity (Wildman–Crippen MR) is 108 cm³/mol. The smallest absolute Gasteiger partial charge is 0.261 e. The average molecular weight is 372 g/mol. The van der Waals surface area contributed by atoms with Crippen molar-refractivity contribution in [3.63, 3.8) is 0 Å². The maximum Gasteiger partial charge on any atom is 0.261 e. The van der Waals surface area contributed by atoms with Crippen molar-refractivity contribution < 1.29 is 14.3 Å². The second-order valence-corrected chi connectivity index (χ2v) is 6.28. The summed E-state index contributed by atoms with van der Waals surface area (Å²) >= 11 is 5.31. The van der Waals surface area contributed by atoms with Gasteiger partial charge in [0.05, 0.1) is 19.8 Å². The van der Waals surface area contributed by atoms with Crippen LogP contribution in [-0.2, 0) is 0 Å². The molecule has 138 valence electrons. The minimum absolute atomic E-state index is 0.239. The SMILES string of the molecule is CCC(C)c1ccccc1NC(=S)NC(=O)c1ccc(OC)cc1OC. The molecule has 1 amide bonds. The first-order valence-electron chi connectivity index (χ1n) is 8.43. The summed E-state index contributed by atoms with van der Waals surface area (Å²) in [5, 5.41) is 6.06. The van der Waals surface area contributed by atoms with E-state index in [1.807, 2.05) is 18.2 Å². The molecule has 0 aromatic heterocycles. The van der Waals surface area contributed by atoms with Crippen molar-refractivity contribution in [3.8, 4) is 11.5 Å². The number of hydrogen-bond acceptors (Lipinski definition) is 4. The maximum atomic E-state index is 12.5. The molecule has 0 heterocycles. The van der Waals surface area contributed by atoms with Gasteiger partial charge in [-0.1, -0.05) is 32.0 Å². The van der Waals surface area contributed by atoms with Crippen LogP contribution in [0.5, 0.6) is 11.5 Å². The van der Waals surface area contributed by atoms with E-state index >= 15 is 0 Å². The summed E-state index contributed by atoms with van der Waals surface area (Å²) in [4.78, 5) is 12.5. The topological polar surface area (TPSA) is 59.6 Å². The molecule has 0 aliphatic carbocycles. The molecular formula is C20H24N2O3S. The highest BCUT2D eigenvalue weighted by atomic mass is 32.1. The lowest BCUT2D eigenvalue weighted by Gasteiger charge is -2.17. The fourth-order valence-corrected chi connectivity index (χ4v) is 2.77. The van der Waals surface area contributed by atoms with Gasteiger partial charge in [0.2, 0.25) is 0 Å². The van der Waals surface area contributed by atoms with Gasteiger partial charge in [0.15, 0.2) is 5.11 Å². The molecule has 0 aliphatic rings. The van der Waals surface area contributed by atoms with Crippen molar-refractivity contribution in [3.05, 3.63) is 53.6 Å². The Labute approximate surface area is 159 Å². The number of benzene rings is 2. The lowest BCUT2D eigenvalue weighted by molar-refractivity contribution is 0.0974. The number of carbonyl (C=O) groups excluding carboxylic acids is 1. The number of amides is 1. The van der Waals surface area contributed by atoms with Gasteiger partial charge in [-0.3, -0.25) is 10.1 Å². The fraction of sp³-hybridized carbons (Fsp3) is 0.300. The summed E-state index contributed by atoms with van der Waals surface area (Å²) in [6, 6.07) is 12.9. The lowest BCUT2D eigenvalue weighted by atomic mass is 9.97. The number of methoxy groups -OCH3 is 2. The number of thiocarbonyl (C=S) groups is 1. The quantitative estimate of drug-likeness (QED) is 0.739. The summed E-state index contributed by atoms with van der Waals surface area (Å²) in [6.07, 6.45) is 1.01. The number of hydrogen-bond donors (Lipinski definition) is 2. The summed E-state index contributed by atoms with van der Waals surface area (Å²) in [5.74, 6) is 1.08. The largest absolute Gasteiger partial charge is 0.497 e. The van der Waals surface area contributed by atoms with Crippen LogP contribution in [-0.4, -0.2) is 25.2 Å².